The van der Waals surface area contributed by atoms with E-state index in [2.05, 4.69) is 4.74 Å². The van der Waals surface area contributed by atoms with Crippen LogP contribution in [0.3, 0.4) is 0 Å². The lowest BCUT2D eigenvalue weighted by Crippen LogP contribution is -2.41. The average molecular weight is 349 g/mol. The minimum atomic E-state index is -3.78. The number of carboxylic acids is 1. The second kappa shape index (κ2) is 6.90. The number of piperidine rings is 1. The van der Waals surface area contributed by atoms with Gasteiger partial charge in [0, 0.05) is 13.1 Å². The first-order valence-corrected chi connectivity index (χ1v) is 8.43. The molecule has 0 saturated carbocycles. The molecule has 0 aliphatic carbocycles. The Bertz CT molecular complexity index is 684. The molecule has 1 aliphatic rings. The molecule has 1 aromatic rings. The smallest absolute Gasteiger partial charge is 0.345 e. The van der Waals surface area contributed by atoms with E-state index in [1.807, 2.05) is 0 Å². The van der Waals surface area contributed by atoms with E-state index >= 15 is 0 Å². The Labute approximate surface area is 132 Å². The lowest BCUT2D eigenvalue weighted by molar-refractivity contribution is -0.170. The summed E-state index contributed by atoms with van der Waals surface area (Å²) in [6.45, 7) is -1.18. The number of alkyl halides is 2. The van der Waals surface area contributed by atoms with Crippen LogP contribution in [0.4, 0.5) is 8.78 Å². The summed E-state index contributed by atoms with van der Waals surface area (Å²) >= 11 is 0. The highest BCUT2D eigenvalue weighted by atomic mass is 32.2. The molecule has 1 heterocycles. The zero-order chi connectivity index (χ0) is 17.2. The maximum absolute atomic E-state index is 12.5. The number of aromatic carboxylic acids is 1. The van der Waals surface area contributed by atoms with Crippen LogP contribution in [-0.4, -0.2) is 49.6 Å². The van der Waals surface area contributed by atoms with Crippen molar-refractivity contribution >= 4 is 16.0 Å². The third-order valence-electron chi connectivity index (χ3n) is 3.76. The highest BCUT2D eigenvalue weighted by Gasteiger charge is 2.31. The molecule has 6 nitrogen and oxygen atoms in total. The fourth-order valence-electron chi connectivity index (χ4n) is 2.54. The van der Waals surface area contributed by atoms with Gasteiger partial charge in [-0.25, -0.2) is 13.2 Å². The number of ether oxygens (including phenoxy) is 1. The maximum atomic E-state index is 12.5. The number of benzene rings is 1. The van der Waals surface area contributed by atoms with E-state index in [1.165, 1.54) is 29.4 Å². The fourth-order valence-corrected chi connectivity index (χ4v) is 4.10. The molecule has 1 fully saturated rings. The summed E-state index contributed by atoms with van der Waals surface area (Å²) in [5, 5.41) is 8.97. The Morgan fingerprint density at radius 1 is 1.35 bits per heavy atom. The second-order valence-electron chi connectivity index (χ2n) is 5.28. The quantitative estimate of drug-likeness (QED) is 0.880. The summed E-state index contributed by atoms with van der Waals surface area (Å²) in [5.41, 5.74) is 0.377. The van der Waals surface area contributed by atoms with Crippen molar-refractivity contribution in [1.82, 2.24) is 4.31 Å². The van der Waals surface area contributed by atoms with Gasteiger partial charge >= 0.3 is 12.6 Å². The van der Waals surface area contributed by atoms with Crippen molar-refractivity contribution in [1.29, 1.82) is 0 Å². The van der Waals surface area contributed by atoms with Crippen molar-refractivity contribution in [2.45, 2.75) is 37.4 Å². The summed E-state index contributed by atoms with van der Waals surface area (Å²) in [5.74, 6) is -1.13. The monoisotopic (exact) mass is 349 g/mol. The molecule has 2 rings (SSSR count). The van der Waals surface area contributed by atoms with Crippen LogP contribution in [0.1, 0.15) is 28.8 Å². The van der Waals surface area contributed by atoms with Crippen LogP contribution < -0.4 is 0 Å². The second-order valence-corrected chi connectivity index (χ2v) is 7.22. The third-order valence-corrected chi connectivity index (χ3v) is 5.66. The number of carboxylic acid groups (broad SMARTS) is 1. The molecule has 1 N–H and O–H groups in total. The molecule has 0 radical (unpaired) electrons. The van der Waals surface area contributed by atoms with Gasteiger partial charge in [-0.05, 0) is 43.5 Å². The summed E-state index contributed by atoms with van der Waals surface area (Å²) in [6, 6.07) is 3.80. The van der Waals surface area contributed by atoms with E-state index in [-0.39, 0.29) is 36.4 Å². The van der Waals surface area contributed by atoms with Crippen LogP contribution in [0.5, 0.6) is 0 Å². The van der Waals surface area contributed by atoms with Gasteiger partial charge in [0.1, 0.15) is 0 Å². The lowest BCUT2D eigenvalue weighted by Gasteiger charge is -2.31. The van der Waals surface area contributed by atoms with Crippen LogP contribution in [0.2, 0.25) is 0 Å². The summed E-state index contributed by atoms with van der Waals surface area (Å²) in [6.07, 6.45) is -0.275. The minimum Gasteiger partial charge on any atom is -0.478 e. The molecule has 0 spiro atoms. The van der Waals surface area contributed by atoms with Gasteiger partial charge in [-0.3, -0.25) is 0 Å². The molecule has 0 atom stereocenters. The van der Waals surface area contributed by atoms with Gasteiger partial charge in [-0.1, -0.05) is 0 Å². The van der Waals surface area contributed by atoms with Crippen molar-refractivity contribution in [3.8, 4) is 0 Å². The molecule has 1 aliphatic heterocycles. The Morgan fingerprint density at radius 2 is 1.96 bits per heavy atom. The van der Waals surface area contributed by atoms with Gasteiger partial charge in [0.25, 0.3) is 0 Å². The summed E-state index contributed by atoms with van der Waals surface area (Å²) in [4.78, 5) is 11.0. The van der Waals surface area contributed by atoms with Gasteiger partial charge in [0.15, 0.2) is 0 Å². The molecule has 23 heavy (non-hydrogen) atoms. The first-order valence-electron chi connectivity index (χ1n) is 6.99. The minimum absolute atomic E-state index is 0.00627. The number of sulfonamides is 1. The predicted octanol–water partition coefficient (Wildman–Crippen LogP) is 2.09. The van der Waals surface area contributed by atoms with Gasteiger partial charge in [-0.15, -0.1) is 0 Å². The summed E-state index contributed by atoms with van der Waals surface area (Å²) in [7, 11) is -3.78. The van der Waals surface area contributed by atoms with E-state index in [0.29, 0.717) is 5.56 Å². The molecular formula is C14H17F2NO5S. The van der Waals surface area contributed by atoms with Gasteiger partial charge in [-0.2, -0.15) is 13.1 Å². The Hall–Kier alpha value is -1.58. The number of aryl methyl sites for hydroxylation is 1. The van der Waals surface area contributed by atoms with Crippen LogP contribution in [0.15, 0.2) is 23.1 Å². The molecular weight excluding hydrogens is 332 g/mol. The Balaban J connectivity index is 2.14. The number of hydrogen-bond acceptors (Lipinski definition) is 4. The summed E-state index contributed by atoms with van der Waals surface area (Å²) < 4.78 is 55.0. The van der Waals surface area contributed by atoms with E-state index < -0.39 is 28.7 Å². The predicted molar refractivity (Wildman–Crippen MR) is 77.0 cm³/mol. The average Bonchev–Trinajstić information content (AvgIpc) is 2.46. The van der Waals surface area contributed by atoms with Crippen molar-refractivity contribution in [3.63, 3.8) is 0 Å². The Kier molecular flexibility index (Phi) is 5.33. The third kappa shape index (κ3) is 4.04. The van der Waals surface area contributed by atoms with Gasteiger partial charge < -0.3 is 9.84 Å². The normalized spacial score (nSPS) is 17.6. The lowest BCUT2D eigenvalue weighted by atomic mass is 10.1. The van der Waals surface area contributed by atoms with Crippen LogP contribution in [0.25, 0.3) is 0 Å². The topological polar surface area (TPSA) is 83.9 Å². The highest BCUT2D eigenvalue weighted by Crippen LogP contribution is 2.24. The number of halogens is 2. The Morgan fingerprint density at radius 3 is 2.43 bits per heavy atom. The fraction of sp³-hybridized carbons (Fsp3) is 0.500. The standard InChI is InChI=1S/C14H17F2NO5S/c1-9-8-11(2-3-12(9)13(18)19)23(20,21)17-6-4-10(5-7-17)22-14(15)16/h2-3,8,10,14H,4-7H2,1H3,(H,18,19). The largest absolute Gasteiger partial charge is 0.478 e. The first-order chi connectivity index (χ1) is 10.7. The van der Waals surface area contributed by atoms with Gasteiger partial charge in [0.2, 0.25) is 10.0 Å². The van der Waals surface area contributed by atoms with Crippen LogP contribution in [-0.2, 0) is 14.8 Å². The SMILES string of the molecule is Cc1cc(S(=O)(=O)N2CCC(OC(F)F)CC2)ccc1C(=O)O. The number of carbonyl (C=O) groups is 1. The van der Waals surface area contributed by atoms with Crippen molar-refractivity contribution in [2.24, 2.45) is 0 Å². The molecule has 0 aromatic heterocycles. The van der Waals surface area contributed by atoms with E-state index in [0.717, 1.165) is 0 Å². The first kappa shape index (κ1) is 17.8. The molecule has 0 unspecified atom stereocenters. The van der Waals surface area contributed by atoms with E-state index in [4.69, 9.17) is 5.11 Å². The molecule has 1 aromatic carbocycles. The van der Waals surface area contributed by atoms with Crippen molar-refractivity contribution < 1.29 is 31.8 Å². The van der Waals surface area contributed by atoms with Crippen molar-refractivity contribution in [3.05, 3.63) is 29.3 Å². The highest BCUT2D eigenvalue weighted by molar-refractivity contribution is 7.89. The van der Waals surface area contributed by atoms with Crippen LogP contribution >= 0.6 is 0 Å². The molecule has 0 bridgehead atoms. The zero-order valence-electron chi connectivity index (χ0n) is 12.4. The molecule has 128 valence electrons. The molecule has 0 amide bonds. The number of hydrogen-bond donors (Lipinski definition) is 1. The zero-order valence-corrected chi connectivity index (χ0v) is 13.2. The number of nitrogens with zero attached hydrogens (tertiary/aromatic N) is 1. The van der Waals surface area contributed by atoms with E-state index in [1.54, 1.807) is 0 Å². The number of rotatable bonds is 5. The van der Waals surface area contributed by atoms with Gasteiger partial charge in [0.05, 0.1) is 16.6 Å². The maximum Gasteiger partial charge on any atom is 0.345 e. The van der Waals surface area contributed by atoms with E-state index in [9.17, 15) is 22.0 Å². The van der Waals surface area contributed by atoms with Crippen LogP contribution in [0, 0.1) is 6.92 Å². The van der Waals surface area contributed by atoms with Crippen molar-refractivity contribution in [2.75, 3.05) is 13.1 Å². The molecule has 1 saturated heterocycles. The molecule has 9 heteroatoms.